The summed E-state index contributed by atoms with van der Waals surface area (Å²) in [7, 11) is 0. The van der Waals surface area contributed by atoms with E-state index in [-0.39, 0.29) is 12.4 Å². The molecule has 0 saturated carbocycles. The minimum atomic E-state index is 0. The first-order chi connectivity index (χ1) is 9.77. The highest BCUT2D eigenvalue weighted by molar-refractivity contribution is 5.85. The van der Waals surface area contributed by atoms with E-state index in [0.717, 1.165) is 0 Å². The molecule has 0 bridgehead atoms. The van der Waals surface area contributed by atoms with Crippen LogP contribution in [-0.2, 0) is 0 Å². The first-order valence-corrected chi connectivity index (χ1v) is 8.59. The molecule has 1 rings (SSSR count). The second-order valence-corrected chi connectivity index (χ2v) is 5.94. The summed E-state index contributed by atoms with van der Waals surface area (Å²) in [6, 6.07) is 9.05. The van der Waals surface area contributed by atoms with Gasteiger partial charge in [-0.25, -0.2) is 0 Å². The van der Waals surface area contributed by atoms with Gasteiger partial charge in [0.05, 0.1) is 0 Å². The van der Waals surface area contributed by atoms with Gasteiger partial charge in [0.2, 0.25) is 0 Å². The molecule has 0 amide bonds. The maximum atomic E-state index is 2.59. The van der Waals surface area contributed by atoms with Crippen LogP contribution in [0.1, 0.15) is 70.8 Å². The molecule has 0 aliphatic heterocycles. The first kappa shape index (κ1) is 20.3. The van der Waals surface area contributed by atoms with E-state index in [1.165, 1.54) is 75.7 Å². The predicted molar refractivity (Wildman–Crippen MR) is 98.9 cm³/mol. The Balaban J connectivity index is 0.00000400. The summed E-state index contributed by atoms with van der Waals surface area (Å²) in [5, 5.41) is 0. The number of hydrogen-bond acceptors (Lipinski definition) is 1. The molecule has 1 aromatic carbocycles. The Labute approximate surface area is 138 Å². The molecular formula is C19H34ClN. The van der Waals surface area contributed by atoms with E-state index >= 15 is 0 Å². The molecule has 1 nitrogen and oxygen atoms in total. The Morgan fingerprint density at radius 2 is 1.19 bits per heavy atom. The van der Waals surface area contributed by atoms with E-state index in [0.29, 0.717) is 0 Å². The Kier molecular flexibility index (Phi) is 12.6. The Hall–Kier alpha value is -0.690. The van der Waals surface area contributed by atoms with Crippen LogP contribution in [0.4, 0.5) is 5.69 Å². The van der Waals surface area contributed by atoms with Crippen LogP contribution in [0.15, 0.2) is 24.3 Å². The smallest absolute Gasteiger partial charge is 0.0366 e. The van der Waals surface area contributed by atoms with Gasteiger partial charge < -0.3 is 4.90 Å². The summed E-state index contributed by atoms with van der Waals surface area (Å²) >= 11 is 0. The number of rotatable bonds is 11. The summed E-state index contributed by atoms with van der Waals surface area (Å²) in [4.78, 5) is 2.59. The third-order valence-corrected chi connectivity index (χ3v) is 3.96. The van der Waals surface area contributed by atoms with Gasteiger partial charge >= 0.3 is 0 Å². The summed E-state index contributed by atoms with van der Waals surface area (Å²) < 4.78 is 0. The zero-order valence-electron chi connectivity index (χ0n) is 14.2. The fourth-order valence-electron chi connectivity index (χ4n) is 2.58. The van der Waals surface area contributed by atoms with Crippen molar-refractivity contribution in [3.63, 3.8) is 0 Å². The molecule has 0 saturated heterocycles. The first-order valence-electron chi connectivity index (χ1n) is 8.59. The van der Waals surface area contributed by atoms with Crippen LogP contribution in [0.3, 0.4) is 0 Å². The van der Waals surface area contributed by atoms with E-state index in [1.807, 2.05) is 0 Å². The van der Waals surface area contributed by atoms with E-state index in [9.17, 15) is 0 Å². The van der Waals surface area contributed by atoms with Gasteiger partial charge in [0.15, 0.2) is 0 Å². The standard InChI is InChI=1S/C19H33N.ClH/c1-4-6-8-10-16-20(17-11-9-7-5-2)19-14-12-18(3)13-15-19;/h12-15H,4-11,16-17H2,1-3H3;1H. The van der Waals surface area contributed by atoms with Gasteiger partial charge in [0.25, 0.3) is 0 Å². The van der Waals surface area contributed by atoms with Gasteiger partial charge in [-0.15, -0.1) is 12.4 Å². The van der Waals surface area contributed by atoms with Gasteiger partial charge in [0.1, 0.15) is 0 Å². The van der Waals surface area contributed by atoms with Gasteiger partial charge in [0, 0.05) is 18.8 Å². The lowest BCUT2D eigenvalue weighted by atomic mass is 10.1. The lowest BCUT2D eigenvalue weighted by Crippen LogP contribution is -2.25. The van der Waals surface area contributed by atoms with Crippen LogP contribution in [0, 0.1) is 6.92 Å². The molecule has 0 heterocycles. The van der Waals surface area contributed by atoms with Gasteiger partial charge in [-0.05, 0) is 31.9 Å². The highest BCUT2D eigenvalue weighted by Crippen LogP contribution is 2.17. The summed E-state index contributed by atoms with van der Waals surface area (Å²) in [5.41, 5.74) is 2.76. The third-order valence-electron chi connectivity index (χ3n) is 3.96. The molecule has 0 radical (unpaired) electrons. The molecule has 0 fully saturated rings. The Morgan fingerprint density at radius 1 is 0.714 bits per heavy atom. The average Bonchev–Trinajstić information content (AvgIpc) is 2.47. The van der Waals surface area contributed by atoms with Gasteiger partial charge in [-0.2, -0.15) is 0 Å². The highest BCUT2D eigenvalue weighted by Gasteiger charge is 2.05. The molecule has 21 heavy (non-hydrogen) atoms. The maximum absolute atomic E-state index is 2.59. The number of hydrogen-bond donors (Lipinski definition) is 0. The van der Waals surface area contributed by atoms with E-state index in [2.05, 4.69) is 49.9 Å². The number of aryl methyl sites for hydroxylation is 1. The quantitative estimate of drug-likeness (QED) is 0.428. The van der Waals surface area contributed by atoms with Crippen molar-refractivity contribution >= 4 is 18.1 Å². The van der Waals surface area contributed by atoms with Crippen molar-refractivity contribution in [2.24, 2.45) is 0 Å². The Morgan fingerprint density at radius 3 is 1.62 bits per heavy atom. The molecule has 0 aliphatic rings. The highest BCUT2D eigenvalue weighted by atomic mass is 35.5. The molecule has 0 aliphatic carbocycles. The van der Waals surface area contributed by atoms with Crippen molar-refractivity contribution in [1.29, 1.82) is 0 Å². The van der Waals surface area contributed by atoms with Gasteiger partial charge in [-0.3, -0.25) is 0 Å². The lowest BCUT2D eigenvalue weighted by molar-refractivity contribution is 0.609. The van der Waals surface area contributed by atoms with Crippen LogP contribution in [0.5, 0.6) is 0 Å². The molecule has 0 spiro atoms. The second kappa shape index (κ2) is 13.0. The topological polar surface area (TPSA) is 3.24 Å². The van der Waals surface area contributed by atoms with Crippen molar-refractivity contribution in [2.75, 3.05) is 18.0 Å². The van der Waals surface area contributed by atoms with Crippen LogP contribution in [0.25, 0.3) is 0 Å². The summed E-state index contributed by atoms with van der Waals surface area (Å²) in [6.07, 6.45) is 10.8. The fourth-order valence-corrected chi connectivity index (χ4v) is 2.58. The molecule has 0 atom stereocenters. The zero-order chi connectivity index (χ0) is 14.6. The predicted octanol–water partition coefficient (Wildman–Crippen LogP) is 6.38. The second-order valence-electron chi connectivity index (χ2n) is 5.94. The van der Waals surface area contributed by atoms with Crippen molar-refractivity contribution in [3.05, 3.63) is 29.8 Å². The van der Waals surface area contributed by atoms with Crippen LogP contribution in [-0.4, -0.2) is 13.1 Å². The lowest BCUT2D eigenvalue weighted by Gasteiger charge is -2.25. The Bertz CT molecular complexity index is 322. The molecule has 1 aromatic rings. The van der Waals surface area contributed by atoms with Crippen molar-refractivity contribution in [1.82, 2.24) is 0 Å². The average molecular weight is 312 g/mol. The van der Waals surface area contributed by atoms with E-state index in [1.54, 1.807) is 0 Å². The van der Waals surface area contributed by atoms with Crippen molar-refractivity contribution < 1.29 is 0 Å². The normalized spacial score (nSPS) is 10.2. The van der Waals surface area contributed by atoms with Crippen LogP contribution in [0.2, 0.25) is 0 Å². The van der Waals surface area contributed by atoms with Crippen molar-refractivity contribution in [2.45, 2.75) is 72.1 Å². The number of unbranched alkanes of at least 4 members (excludes halogenated alkanes) is 6. The van der Waals surface area contributed by atoms with Crippen LogP contribution < -0.4 is 4.90 Å². The molecular weight excluding hydrogens is 278 g/mol. The molecule has 0 aromatic heterocycles. The third kappa shape index (κ3) is 9.03. The minimum absolute atomic E-state index is 0. The summed E-state index contributed by atoms with van der Waals surface area (Å²) in [6.45, 7) is 9.16. The SMILES string of the molecule is CCCCCCN(CCCCCC)c1ccc(C)cc1.Cl. The fraction of sp³-hybridized carbons (Fsp3) is 0.684. The number of halogens is 1. The zero-order valence-corrected chi connectivity index (χ0v) is 15.1. The van der Waals surface area contributed by atoms with Gasteiger partial charge in [-0.1, -0.05) is 70.1 Å². The largest absolute Gasteiger partial charge is 0.372 e. The monoisotopic (exact) mass is 311 g/mol. The number of benzene rings is 1. The van der Waals surface area contributed by atoms with Crippen molar-refractivity contribution in [3.8, 4) is 0 Å². The maximum Gasteiger partial charge on any atom is 0.0366 e. The molecule has 2 heteroatoms. The van der Waals surface area contributed by atoms with E-state index < -0.39 is 0 Å². The molecule has 122 valence electrons. The van der Waals surface area contributed by atoms with Crippen LogP contribution >= 0.6 is 12.4 Å². The summed E-state index contributed by atoms with van der Waals surface area (Å²) in [5.74, 6) is 0. The van der Waals surface area contributed by atoms with E-state index in [4.69, 9.17) is 0 Å². The minimum Gasteiger partial charge on any atom is -0.372 e. The molecule has 0 N–H and O–H groups in total. The molecule has 0 unspecified atom stereocenters. The number of nitrogens with zero attached hydrogens (tertiary/aromatic N) is 1. The number of anilines is 1.